The second-order valence-electron chi connectivity index (χ2n) is 4.96. The van der Waals surface area contributed by atoms with Gasteiger partial charge < -0.3 is 15.2 Å². The number of benzene rings is 2. The highest BCUT2D eigenvalue weighted by Gasteiger charge is 2.09. The third-order valence-electron chi connectivity index (χ3n) is 3.13. The van der Waals surface area contributed by atoms with E-state index in [1.807, 2.05) is 24.3 Å². The smallest absolute Gasteiger partial charge is 0.246 e. The van der Waals surface area contributed by atoms with E-state index in [1.165, 1.54) is 18.2 Å². The topological polar surface area (TPSA) is 63.0 Å². The van der Waals surface area contributed by atoms with Crippen LogP contribution in [0.2, 0.25) is 5.02 Å². The van der Waals surface area contributed by atoms with Gasteiger partial charge in [-0.1, -0.05) is 44.8 Å². The quantitative estimate of drug-likeness (QED) is 0.568. The number of thiocarbonyl (C=S) groups is 1. The molecule has 0 aliphatic heterocycles. The monoisotopic (exact) mass is 440 g/mol. The molecule has 5 nitrogen and oxygen atoms in total. The Hall–Kier alpha value is -2.03. The second-order valence-corrected chi connectivity index (χ2v) is 6.69. The van der Waals surface area contributed by atoms with Crippen LogP contribution in [0.4, 0.5) is 10.1 Å². The molecule has 25 heavy (non-hydrogen) atoms. The first kappa shape index (κ1) is 17.8. The van der Waals surface area contributed by atoms with Gasteiger partial charge in [-0.05, 0) is 42.5 Å². The molecule has 0 saturated heterocycles. The highest BCUT2D eigenvalue weighted by atomic mass is 79.9. The summed E-state index contributed by atoms with van der Waals surface area (Å²) < 4.78 is 19.3. The van der Waals surface area contributed by atoms with Crippen molar-refractivity contribution in [3.8, 4) is 11.4 Å². The molecule has 2 N–H and O–H groups in total. The third-order valence-corrected chi connectivity index (χ3v) is 4.16. The first-order valence-corrected chi connectivity index (χ1v) is 8.67. The largest absolute Gasteiger partial charge is 0.353 e. The summed E-state index contributed by atoms with van der Waals surface area (Å²) in [7, 11) is 0. The summed E-state index contributed by atoms with van der Waals surface area (Å²) >= 11 is 14.3. The number of aromatic nitrogens is 2. The maximum Gasteiger partial charge on any atom is 0.246 e. The minimum absolute atomic E-state index is 0.0170. The highest BCUT2D eigenvalue weighted by molar-refractivity contribution is 9.10. The average Bonchev–Trinajstić information content (AvgIpc) is 3.05. The Morgan fingerprint density at radius 2 is 2.12 bits per heavy atom. The molecule has 0 unspecified atom stereocenters. The number of halogens is 3. The summed E-state index contributed by atoms with van der Waals surface area (Å²) in [6.45, 7) is 0.252. The molecule has 9 heteroatoms. The molecule has 0 radical (unpaired) electrons. The lowest BCUT2D eigenvalue weighted by molar-refractivity contribution is 0.376. The summed E-state index contributed by atoms with van der Waals surface area (Å²) in [5, 5.41) is 10.1. The summed E-state index contributed by atoms with van der Waals surface area (Å²) in [5.74, 6) is 0.385. The summed E-state index contributed by atoms with van der Waals surface area (Å²) in [6, 6.07) is 11.8. The van der Waals surface area contributed by atoms with E-state index in [9.17, 15) is 4.39 Å². The minimum atomic E-state index is -0.489. The highest BCUT2D eigenvalue weighted by Crippen LogP contribution is 2.21. The lowest BCUT2D eigenvalue weighted by Crippen LogP contribution is -2.28. The Kier molecular flexibility index (Phi) is 5.62. The molecule has 0 aliphatic carbocycles. The molecule has 0 spiro atoms. The maximum absolute atomic E-state index is 13.1. The molecule has 0 bridgehead atoms. The van der Waals surface area contributed by atoms with Gasteiger partial charge in [0, 0.05) is 15.7 Å². The van der Waals surface area contributed by atoms with Crippen molar-refractivity contribution in [2.24, 2.45) is 0 Å². The van der Waals surface area contributed by atoms with Crippen molar-refractivity contribution in [3.63, 3.8) is 0 Å². The van der Waals surface area contributed by atoms with Crippen LogP contribution in [0.15, 0.2) is 51.5 Å². The van der Waals surface area contributed by atoms with Gasteiger partial charge in [0.05, 0.1) is 11.6 Å². The second kappa shape index (κ2) is 7.90. The van der Waals surface area contributed by atoms with Gasteiger partial charge in [-0.3, -0.25) is 0 Å². The molecule has 1 heterocycles. The average molecular weight is 442 g/mol. The van der Waals surface area contributed by atoms with Crippen molar-refractivity contribution >= 4 is 50.5 Å². The number of nitrogens with one attached hydrogen (secondary N) is 2. The standard InChI is InChI=1S/C16H11BrClFN4OS/c17-10-3-1-2-9(6-10)15-22-14(24-23-15)8-20-16(25)21-11-4-5-13(19)12(18)7-11/h1-7H,8H2,(H2,20,21,25). The van der Waals surface area contributed by atoms with E-state index in [-0.39, 0.29) is 11.6 Å². The number of rotatable bonds is 4. The predicted molar refractivity (Wildman–Crippen MR) is 102 cm³/mol. The van der Waals surface area contributed by atoms with Gasteiger partial charge in [-0.25, -0.2) is 4.39 Å². The molecular weight excluding hydrogens is 431 g/mol. The number of hydrogen-bond acceptors (Lipinski definition) is 4. The Morgan fingerprint density at radius 3 is 2.88 bits per heavy atom. The molecule has 3 aromatic rings. The Labute approximate surface area is 161 Å². The van der Waals surface area contributed by atoms with Gasteiger partial charge in [-0.2, -0.15) is 4.98 Å². The molecule has 2 aromatic carbocycles. The van der Waals surface area contributed by atoms with Gasteiger partial charge in [0.2, 0.25) is 11.7 Å². The number of hydrogen-bond donors (Lipinski definition) is 2. The van der Waals surface area contributed by atoms with Gasteiger partial charge in [0.15, 0.2) is 5.11 Å². The molecule has 0 fully saturated rings. The van der Waals surface area contributed by atoms with Crippen LogP contribution >= 0.6 is 39.7 Å². The van der Waals surface area contributed by atoms with Crippen molar-refractivity contribution in [1.29, 1.82) is 0 Å². The van der Waals surface area contributed by atoms with Crippen LogP contribution in [0.1, 0.15) is 5.89 Å². The molecular formula is C16H11BrClFN4OS. The zero-order valence-corrected chi connectivity index (χ0v) is 15.8. The normalized spacial score (nSPS) is 10.5. The fourth-order valence-electron chi connectivity index (χ4n) is 1.98. The van der Waals surface area contributed by atoms with Crippen LogP contribution in [0.5, 0.6) is 0 Å². The van der Waals surface area contributed by atoms with Gasteiger partial charge in [-0.15, -0.1) is 0 Å². The van der Waals surface area contributed by atoms with Gasteiger partial charge in [0.25, 0.3) is 0 Å². The van der Waals surface area contributed by atoms with Crippen molar-refractivity contribution in [3.05, 3.63) is 63.7 Å². The van der Waals surface area contributed by atoms with Crippen molar-refractivity contribution in [1.82, 2.24) is 15.5 Å². The lowest BCUT2D eigenvalue weighted by atomic mass is 10.2. The number of nitrogens with zero attached hydrogens (tertiary/aromatic N) is 2. The van der Waals surface area contributed by atoms with Gasteiger partial charge >= 0.3 is 0 Å². The molecule has 0 aliphatic rings. The molecule has 0 atom stereocenters. The molecule has 128 valence electrons. The molecule has 3 rings (SSSR count). The van der Waals surface area contributed by atoms with E-state index < -0.39 is 5.82 Å². The molecule has 0 amide bonds. The van der Waals surface area contributed by atoms with Gasteiger partial charge in [0.1, 0.15) is 5.82 Å². The van der Waals surface area contributed by atoms with Crippen molar-refractivity contribution < 1.29 is 8.91 Å². The Balaban J connectivity index is 1.58. The van der Waals surface area contributed by atoms with E-state index in [4.69, 9.17) is 28.3 Å². The van der Waals surface area contributed by atoms with Crippen LogP contribution in [0, 0.1) is 5.82 Å². The molecule has 0 saturated carbocycles. The molecule has 1 aromatic heterocycles. The van der Waals surface area contributed by atoms with E-state index >= 15 is 0 Å². The van der Waals surface area contributed by atoms with Crippen molar-refractivity contribution in [2.45, 2.75) is 6.54 Å². The fraction of sp³-hybridized carbons (Fsp3) is 0.0625. The van der Waals surface area contributed by atoms with Crippen LogP contribution in [-0.4, -0.2) is 15.3 Å². The van der Waals surface area contributed by atoms with E-state index in [1.54, 1.807) is 0 Å². The van der Waals surface area contributed by atoms with Crippen LogP contribution in [0.25, 0.3) is 11.4 Å². The first-order chi connectivity index (χ1) is 12.0. The summed E-state index contributed by atoms with van der Waals surface area (Å²) in [6.07, 6.45) is 0. The first-order valence-electron chi connectivity index (χ1n) is 7.10. The predicted octanol–water partition coefficient (Wildman–Crippen LogP) is 4.78. The fourth-order valence-corrected chi connectivity index (χ4v) is 2.75. The van der Waals surface area contributed by atoms with Crippen LogP contribution in [-0.2, 0) is 6.54 Å². The SMILES string of the molecule is Fc1ccc(NC(=S)NCc2nc(-c3cccc(Br)c3)no2)cc1Cl. The minimum Gasteiger partial charge on any atom is -0.353 e. The van der Waals surface area contributed by atoms with E-state index in [0.717, 1.165) is 10.0 Å². The van der Waals surface area contributed by atoms with Crippen LogP contribution < -0.4 is 10.6 Å². The summed E-state index contributed by atoms with van der Waals surface area (Å²) in [4.78, 5) is 4.31. The third kappa shape index (κ3) is 4.75. The van der Waals surface area contributed by atoms with E-state index in [0.29, 0.717) is 22.5 Å². The van der Waals surface area contributed by atoms with E-state index in [2.05, 4.69) is 36.7 Å². The lowest BCUT2D eigenvalue weighted by Gasteiger charge is -2.09. The Bertz CT molecular complexity index is 921. The zero-order valence-electron chi connectivity index (χ0n) is 12.6. The van der Waals surface area contributed by atoms with Crippen LogP contribution in [0.3, 0.4) is 0 Å². The summed E-state index contributed by atoms with van der Waals surface area (Å²) in [5.41, 5.74) is 1.41. The zero-order chi connectivity index (χ0) is 17.8. The van der Waals surface area contributed by atoms with Crippen molar-refractivity contribution in [2.75, 3.05) is 5.32 Å². The maximum atomic E-state index is 13.1. The number of anilines is 1. The Morgan fingerprint density at radius 1 is 1.28 bits per heavy atom.